The average molecular weight is 307 g/mol. The van der Waals surface area contributed by atoms with E-state index in [1.165, 1.54) is 25.3 Å². The summed E-state index contributed by atoms with van der Waals surface area (Å²) in [5.74, 6) is -0.567. The Morgan fingerprint density at radius 3 is 2.68 bits per heavy atom. The first-order valence-electron chi connectivity index (χ1n) is 6.83. The number of hydrogen-bond acceptors (Lipinski definition) is 5. The van der Waals surface area contributed by atoms with Crippen molar-refractivity contribution in [3.8, 4) is 5.75 Å². The summed E-state index contributed by atoms with van der Waals surface area (Å²) in [7, 11) is 1.42. The molecule has 1 atom stereocenters. The van der Waals surface area contributed by atoms with E-state index in [2.05, 4.69) is 5.32 Å². The molecule has 0 unspecified atom stereocenters. The quantitative estimate of drug-likeness (QED) is 0.561. The van der Waals surface area contributed by atoms with E-state index in [0.29, 0.717) is 11.3 Å². The molecule has 8 nitrogen and oxygen atoms in total. The van der Waals surface area contributed by atoms with Gasteiger partial charge in [-0.05, 0) is 18.9 Å². The third-order valence-electron chi connectivity index (χ3n) is 3.51. The number of carbonyl (C=O) groups excluding carboxylic acids is 2. The molecule has 1 aromatic rings. The van der Waals surface area contributed by atoms with Crippen LogP contribution in [0.2, 0.25) is 0 Å². The van der Waals surface area contributed by atoms with Gasteiger partial charge in [0, 0.05) is 30.0 Å². The van der Waals surface area contributed by atoms with Gasteiger partial charge in [-0.3, -0.25) is 19.7 Å². The Kier molecular flexibility index (Phi) is 4.59. The van der Waals surface area contributed by atoms with Gasteiger partial charge in [-0.25, -0.2) is 0 Å². The molecule has 3 N–H and O–H groups in total. The lowest BCUT2D eigenvalue weighted by atomic mass is 10.0. The molecule has 1 aliphatic rings. The Morgan fingerprint density at radius 2 is 2.18 bits per heavy atom. The summed E-state index contributed by atoms with van der Waals surface area (Å²) < 4.78 is 5.14. The van der Waals surface area contributed by atoms with Gasteiger partial charge in [0.25, 0.3) is 5.69 Å². The molecule has 0 bridgehead atoms. The maximum atomic E-state index is 11.8. The number of rotatable bonds is 7. The predicted molar refractivity (Wildman–Crippen MR) is 77.2 cm³/mol. The highest BCUT2D eigenvalue weighted by atomic mass is 16.6. The predicted octanol–water partition coefficient (Wildman–Crippen LogP) is 0.526. The number of hydrogen-bond donors (Lipinski definition) is 2. The summed E-state index contributed by atoms with van der Waals surface area (Å²) >= 11 is 0. The minimum Gasteiger partial charge on any atom is -0.496 e. The fraction of sp³-hybridized carbons (Fsp3) is 0.429. The number of nitrogens with zero attached hydrogens (tertiary/aromatic N) is 1. The molecule has 0 aliphatic heterocycles. The van der Waals surface area contributed by atoms with Gasteiger partial charge in [0.05, 0.1) is 12.0 Å². The van der Waals surface area contributed by atoms with Crippen LogP contribution in [-0.4, -0.2) is 29.9 Å². The molecule has 0 aromatic heterocycles. The molecule has 1 aliphatic carbocycles. The topological polar surface area (TPSA) is 125 Å². The van der Waals surface area contributed by atoms with E-state index in [1.54, 1.807) is 0 Å². The first-order chi connectivity index (χ1) is 10.4. The van der Waals surface area contributed by atoms with Gasteiger partial charge in [-0.15, -0.1) is 0 Å². The van der Waals surface area contributed by atoms with Crippen molar-refractivity contribution in [2.75, 3.05) is 7.11 Å². The van der Waals surface area contributed by atoms with E-state index in [1.807, 2.05) is 0 Å². The Bertz CT molecular complexity index is 612. The van der Waals surface area contributed by atoms with Crippen molar-refractivity contribution in [1.29, 1.82) is 0 Å². The van der Waals surface area contributed by atoms with Gasteiger partial charge in [-0.2, -0.15) is 0 Å². The monoisotopic (exact) mass is 307 g/mol. The second-order valence-electron chi connectivity index (χ2n) is 5.20. The van der Waals surface area contributed by atoms with Gasteiger partial charge in [-0.1, -0.05) is 0 Å². The van der Waals surface area contributed by atoms with Crippen LogP contribution in [0.4, 0.5) is 5.69 Å². The number of nitro groups is 1. The normalized spacial score (nSPS) is 15.0. The molecular formula is C14H17N3O5. The van der Waals surface area contributed by atoms with Crippen molar-refractivity contribution < 1.29 is 19.2 Å². The third kappa shape index (κ3) is 3.72. The van der Waals surface area contributed by atoms with Crippen molar-refractivity contribution in [2.45, 2.75) is 25.3 Å². The lowest BCUT2D eigenvalue weighted by Crippen LogP contribution is -2.46. The smallest absolute Gasteiger partial charge is 0.269 e. The van der Waals surface area contributed by atoms with Crippen LogP contribution in [0.25, 0.3) is 0 Å². The van der Waals surface area contributed by atoms with Gasteiger partial charge in [0.1, 0.15) is 11.8 Å². The van der Waals surface area contributed by atoms with Gasteiger partial charge in [0.15, 0.2) is 0 Å². The molecule has 0 radical (unpaired) electrons. The summed E-state index contributed by atoms with van der Waals surface area (Å²) in [4.78, 5) is 33.6. The molecule has 22 heavy (non-hydrogen) atoms. The first kappa shape index (κ1) is 15.7. The Hall–Kier alpha value is -2.64. The van der Waals surface area contributed by atoms with Gasteiger partial charge in [0.2, 0.25) is 11.8 Å². The van der Waals surface area contributed by atoms with Gasteiger partial charge < -0.3 is 15.8 Å². The molecule has 2 amide bonds. The van der Waals surface area contributed by atoms with Crippen LogP contribution < -0.4 is 15.8 Å². The molecule has 2 rings (SSSR count). The lowest BCUT2D eigenvalue weighted by Gasteiger charge is -2.17. The molecule has 118 valence electrons. The van der Waals surface area contributed by atoms with E-state index < -0.39 is 16.9 Å². The van der Waals surface area contributed by atoms with E-state index in [9.17, 15) is 19.7 Å². The van der Waals surface area contributed by atoms with Crippen LogP contribution in [0.1, 0.15) is 18.4 Å². The summed E-state index contributed by atoms with van der Waals surface area (Å²) in [5.41, 5.74) is 5.64. The zero-order valence-corrected chi connectivity index (χ0v) is 12.1. The maximum absolute atomic E-state index is 11.8. The largest absolute Gasteiger partial charge is 0.496 e. The number of nitrogens with one attached hydrogen (secondary N) is 1. The Morgan fingerprint density at radius 1 is 1.50 bits per heavy atom. The minimum atomic E-state index is -0.927. The second kappa shape index (κ2) is 6.42. The molecule has 1 saturated carbocycles. The summed E-state index contributed by atoms with van der Waals surface area (Å²) in [6, 6.07) is 3.15. The van der Waals surface area contributed by atoms with Crippen LogP contribution in [0.3, 0.4) is 0 Å². The van der Waals surface area contributed by atoms with Crippen molar-refractivity contribution >= 4 is 17.5 Å². The highest BCUT2D eigenvalue weighted by Crippen LogP contribution is 2.29. The SMILES string of the molecule is COc1ccc([N+](=O)[O-])cc1C[C@@H](NC(=O)C1CC1)C(N)=O. The standard InChI is InChI=1S/C14H17N3O5/c1-22-12-5-4-10(17(20)21)6-9(12)7-11(13(15)18)16-14(19)8-2-3-8/h4-6,8,11H,2-3,7H2,1H3,(H2,15,18)(H,16,19)/t11-/m1/s1. The maximum Gasteiger partial charge on any atom is 0.269 e. The Balaban J connectivity index is 2.20. The van der Waals surface area contributed by atoms with Crippen LogP contribution in [0.5, 0.6) is 5.75 Å². The zero-order valence-electron chi connectivity index (χ0n) is 12.1. The molecule has 1 aromatic carbocycles. The summed E-state index contributed by atoms with van der Waals surface area (Å²) in [6.45, 7) is 0. The number of benzene rings is 1. The number of nitrogens with two attached hydrogens (primary N) is 1. The first-order valence-corrected chi connectivity index (χ1v) is 6.83. The van der Waals surface area contributed by atoms with Crippen LogP contribution in [-0.2, 0) is 16.0 Å². The Labute approximate surface area is 126 Å². The van der Waals surface area contributed by atoms with Crippen LogP contribution in [0.15, 0.2) is 18.2 Å². The van der Waals surface area contributed by atoms with Gasteiger partial charge >= 0.3 is 0 Å². The zero-order chi connectivity index (χ0) is 16.3. The highest BCUT2D eigenvalue weighted by Gasteiger charge is 2.32. The second-order valence-corrected chi connectivity index (χ2v) is 5.20. The van der Waals surface area contributed by atoms with Crippen molar-refractivity contribution in [3.05, 3.63) is 33.9 Å². The molecule has 0 spiro atoms. The van der Waals surface area contributed by atoms with E-state index in [0.717, 1.165) is 12.8 Å². The number of nitro benzene ring substituents is 1. The van der Waals surface area contributed by atoms with E-state index in [-0.39, 0.29) is 23.9 Å². The number of amides is 2. The minimum absolute atomic E-state index is 0.0403. The van der Waals surface area contributed by atoms with Crippen molar-refractivity contribution in [1.82, 2.24) is 5.32 Å². The third-order valence-corrected chi connectivity index (χ3v) is 3.51. The number of ether oxygens (including phenoxy) is 1. The molecular weight excluding hydrogens is 290 g/mol. The summed E-state index contributed by atoms with van der Waals surface area (Å²) in [6.07, 6.45) is 1.65. The number of non-ortho nitro benzene ring substituents is 1. The number of methoxy groups -OCH3 is 1. The number of primary amides is 1. The number of carbonyl (C=O) groups is 2. The van der Waals surface area contributed by atoms with E-state index >= 15 is 0 Å². The molecule has 1 fully saturated rings. The molecule has 8 heteroatoms. The van der Waals surface area contributed by atoms with E-state index in [4.69, 9.17) is 10.5 Å². The van der Waals surface area contributed by atoms with Crippen LogP contribution in [0, 0.1) is 16.0 Å². The molecule has 0 heterocycles. The van der Waals surface area contributed by atoms with Crippen molar-refractivity contribution in [3.63, 3.8) is 0 Å². The fourth-order valence-corrected chi connectivity index (χ4v) is 2.12. The summed E-state index contributed by atoms with van der Waals surface area (Å²) in [5, 5.41) is 13.4. The fourth-order valence-electron chi connectivity index (χ4n) is 2.12. The van der Waals surface area contributed by atoms with Crippen LogP contribution >= 0.6 is 0 Å². The highest BCUT2D eigenvalue weighted by molar-refractivity contribution is 5.88. The average Bonchev–Trinajstić information content (AvgIpc) is 3.30. The van der Waals surface area contributed by atoms with Crippen molar-refractivity contribution in [2.24, 2.45) is 11.7 Å². The lowest BCUT2D eigenvalue weighted by molar-refractivity contribution is -0.384. The molecule has 0 saturated heterocycles.